The third-order valence-corrected chi connectivity index (χ3v) is 3.16. The largest absolute Gasteiger partial charge is 0.462 e. The maximum atomic E-state index is 11.6. The van der Waals surface area contributed by atoms with Crippen molar-refractivity contribution >= 4 is 28.0 Å². The number of nitrogens with two attached hydrogens (primary N) is 1. The van der Waals surface area contributed by atoms with Crippen LogP contribution in [0.2, 0.25) is 0 Å². The zero-order chi connectivity index (χ0) is 13.5. The molecule has 0 radical (unpaired) electrons. The Labute approximate surface area is 111 Å². The monoisotopic (exact) mass is 272 g/mol. The van der Waals surface area contributed by atoms with Crippen LogP contribution in [0.25, 0.3) is 0 Å². The van der Waals surface area contributed by atoms with Crippen LogP contribution in [0.15, 0.2) is 6.07 Å². The highest BCUT2D eigenvalue weighted by Gasteiger charge is 2.15. The molecule has 6 heteroatoms. The fraction of sp³-hybridized carbons (Fsp3) is 0.583. The van der Waals surface area contributed by atoms with Crippen LogP contribution in [0.4, 0.5) is 10.7 Å². The van der Waals surface area contributed by atoms with Crippen LogP contribution in [0.1, 0.15) is 30.4 Å². The lowest BCUT2D eigenvalue weighted by Crippen LogP contribution is -2.12. The van der Waals surface area contributed by atoms with E-state index in [2.05, 4.69) is 5.32 Å². The molecule has 0 unspecified atom stereocenters. The SMILES string of the molecule is CCOC(=O)c1sc(NCCOC(C)C)cc1N. The van der Waals surface area contributed by atoms with Crippen molar-refractivity contribution in [3.05, 3.63) is 10.9 Å². The second kappa shape index (κ2) is 7.23. The van der Waals surface area contributed by atoms with Gasteiger partial charge < -0.3 is 20.5 Å². The molecule has 0 saturated carbocycles. The summed E-state index contributed by atoms with van der Waals surface area (Å²) in [5.74, 6) is -0.369. The molecule has 0 atom stereocenters. The molecule has 0 amide bonds. The molecule has 1 aromatic heterocycles. The molecule has 0 aliphatic heterocycles. The minimum absolute atomic E-state index is 0.218. The molecule has 102 valence electrons. The first-order valence-electron chi connectivity index (χ1n) is 5.96. The van der Waals surface area contributed by atoms with Gasteiger partial charge in [-0.25, -0.2) is 4.79 Å². The Morgan fingerprint density at radius 1 is 1.56 bits per heavy atom. The standard InChI is InChI=1S/C12H20N2O3S/c1-4-16-12(15)11-9(13)7-10(18-11)14-5-6-17-8(2)3/h7-8,14H,4-6,13H2,1-3H3. The second-order valence-corrected chi connectivity index (χ2v) is 5.01. The first-order valence-corrected chi connectivity index (χ1v) is 6.78. The first-order chi connectivity index (χ1) is 8.54. The number of thiophene rings is 1. The normalized spacial score (nSPS) is 10.7. The van der Waals surface area contributed by atoms with E-state index >= 15 is 0 Å². The van der Waals surface area contributed by atoms with Crippen molar-refractivity contribution in [3.63, 3.8) is 0 Å². The fourth-order valence-corrected chi connectivity index (χ4v) is 2.22. The number of hydrogen-bond acceptors (Lipinski definition) is 6. The molecule has 5 nitrogen and oxygen atoms in total. The predicted octanol–water partition coefficient (Wildman–Crippen LogP) is 2.34. The first kappa shape index (κ1) is 14.8. The summed E-state index contributed by atoms with van der Waals surface area (Å²) in [6, 6.07) is 1.74. The zero-order valence-corrected chi connectivity index (χ0v) is 11.8. The third kappa shape index (κ3) is 4.54. The van der Waals surface area contributed by atoms with Gasteiger partial charge in [0.15, 0.2) is 0 Å². The molecular weight excluding hydrogens is 252 g/mol. The summed E-state index contributed by atoms with van der Waals surface area (Å²) in [6.45, 7) is 7.39. The number of nitrogens with one attached hydrogen (secondary N) is 1. The Morgan fingerprint density at radius 2 is 2.28 bits per heavy atom. The lowest BCUT2D eigenvalue weighted by molar-refractivity contribution is 0.0533. The van der Waals surface area contributed by atoms with E-state index in [9.17, 15) is 4.79 Å². The number of rotatable bonds is 7. The molecule has 0 bridgehead atoms. The topological polar surface area (TPSA) is 73.6 Å². The summed E-state index contributed by atoms with van der Waals surface area (Å²) in [6.07, 6.45) is 0.218. The van der Waals surface area contributed by atoms with Gasteiger partial charge in [-0.05, 0) is 26.8 Å². The van der Waals surface area contributed by atoms with Crippen LogP contribution in [-0.2, 0) is 9.47 Å². The number of ether oxygens (including phenoxy) is 2. The summed E-state index contributed by atoms with van der Waals surface area (Å²) in [5.41, 5.74) is 6.21. The molecule has 0 spiro atoms. The van der Waals surface area contributed by atoms with E-state index in [1.165, 1.54) is 11.3 Å². The molecule has 1 heterocycles. The molecule has 3 N–H and O–H groups in total. The highest BCUT2D eigenvalue weighted by atomic mass is 32.1. The number of hydrogen-bond donors (Lipinski definition) is 2. The molecule has 18 heavy (non-hydrogen) atoms. The molecule has 0 fully saturated rings. The van der Waals surface area contributed by atoms with Gasteiger partial charge in [0.05, 0.1) is 30.0 Å². The molecule has 0 aliphatic carbocycles. The van der Waals surface area contributed by atoms with E-state index in [0.717, 1.165) is 5.00 Å². The van der Waals surface area contributed by atoms with Gasteiger partial charge >= 0.3 is 5.97 Å². The van der Waals surface area contributed by atoms with Crippen molar-refractivity contribution in [2.24, 2.45) is 0 Å². The Bertz CT molecular complexity index is 391. The van der Waals surface area contributed by atoms with Gasteiger partial charge in [0, 0.05) is 6.54 Å². The van der Waals surface area contributed by atoms with Crippen LogP contribution in [0.3, 0.4) is 0 Å². The number of carbonyl (C=O) groups is 1. The van der Waals surface area contributed by atoms with Crippen molar-refractivity contribution < 1.29 is 14.3 Å². The lowest BCUT2D eigenvalue weighted by atomic mass is 10.4. The summed E-state index contributed by atoms with van der Waals surface area (Å²) >= 11 is 1.30. The Balaban J connectivity index is 2.48. The third-order valence-electron chi connectivity index (χ3n) is 2.07. The molecule has 1 rings (SSSR count). The number of nitrogen functional groups attached to an aromatic ring is 1. The number of esters is 1. The summed E-state index contributed by atoms with van der Waals surface area (Å²) in [4.78, 5) is 12.0. The number of carbonyl (C=O) groups excluding carboxylic acids is 1. The quantitative estimate of drug-likeness (QED) is 0.588. The molecule has 0 aliphatic rings. The Kier molecular flexibility index (Phi) is 5.94. The summed E-state index contributed by atoms with van der Waals surface area (Å²) in [7, 11) is 0. The Morgan fingerprint density at radius 3 is 2.89 bits per heavy atom. The van der Waals surface area contributed by atoms with E-state index in [-0.39, 0.29) is 12.1 Å². The minimum atomic E-state index is -0.369. The Hall–Kier alpha value is -1.27. The van der Waals surface area contributed by atoms with E-state index in [1.54, 1.807) is 13.0 Å². The second-order valence-electron chi connectivity index (χ2n) is 3.96. The van der Waals surface area contributed by atoms with Crippen molar-refractivity contribution in [3.8, 4) is 0 Å². The summed E-state index contributed by atoms with van der Waals surface area (Å²) in [5, 5.41) is 4.01. The molecular formula is C12H20N2O3S. The maximum absolute atomic E-state index is 11.6. The average molecular weight is 272 g/mol. The van der Waals surface area contributed by atoms with Crippen molar-refractivity contribution in [1.29, 1.82) is 0 Å². The van der Waals surface area contributed by atoms with Gasteiger partial charge in [-0.15, -0.1) is 11.3 Å². The highest BCUT2D eigenvalue weighted by Crippen LogP contribution is 2.29. The van der Waals surface area contributed by atoms with Gasteiger partial charge in [-0.1, -0.05) is 0 Å². The molecule has 0 aromatic carbocycles. The zero-order valence-electron chi connectivity index (χ0n) is 11.0. The maximum Gasteiger partial charge on any atom is 0.350 e. The van der Waals surface area contributed by atoms with E-state index in [4.69, 9.17) is 15.2 Å². The van der Waals surface area contributed by atoms with Gasteiger partial charge in [-0.3, -0.25) is 0 Å². The molecule has 1 aromatic rings. The van der Waals surface area contributed by atoms with E-state index < -0.39 is 0 Å². The van der Waals surface area contributed by atoms with Crippen molar-refractivity contribution in [2.75, 3.05) is 30.8 Å². The van der Waals surface area contributed by atoms with Crippen molar-refractivity contribution in [1.82, 2.24) is 0 Å². The van der Waals surface area contributed by atoms with Crippen LogP contribution in [0.5, 0.6) is 0 Å². The minimum Gasteiger partial charge on any atom is -0.462 e. The van der Waals surface area contributed by atoms with Crippen LogP contribution >= 0.6 is 11.3 Å². The van der Waals surface area contributed by atoms with Crippen molar-refractivity contribution in [2.45, 2.75) is 26.9 Å². The van der Waals surface area contributed by atoms with Crippen LogP contribution in [-0.4, -0.2) is 31.8 Å². The fourth-order valence-electron chi connectivity index (χ4n) is 1.32. The molecule has 0 saturated heterocycles. The smallest absolute Gasteiger partial charge is 0.350 e. The van der Waals surface area contributed by atoms with Gasteiger partial charge in [0.25, 0.3) is 0 Å². The highest BCUT2D eigenvalue weighted by molar-refractivity contribution is 7.18. The average Bonchev–Trinajstić information content (AvgIpc) is 2.66. The van der Waals surface area contributed by atoms with Gasteiger partial charge in [0.2, 0.25) is 0 Å². The lowest BCUT2D eigenvalue weighted by Gasteiger charge is -2.07. The van der Waals surface area contributed by atoms with Gasteiger partial charge in [-0.2, -0.15) is 0 Å². The van der Waals surface area contributed by atoms with E-state index in [0.29, 0.717) is 30.3 Å². The van der Waals surface area contributed by atoms with Crippen LogP contribution in [0, 0.1) is 0 Å². The van der Waals surface area contributed by atoms with Gasteiger partial charge in [0.1, 0.15) is 4.88 Å². The van der Waals surface area contributed by atoms with E-state index in [1.807, 2.05) is 13.8 Å². The summed E-state index contributed by atoms with van der Waals surface area (Å²) < 4.78 is 10.3. The predicted molar refractivity (Wildman–Crippen MR) is 74.3 cm³/mol. The van der Waals surface area contributed by atoms with Crippen LogP contribution < -0.4 is 11.1 Å². The number of anilines is 2.